The van der Waals surface area contributed by atoms with Gasteiger partial charge in [-0.3, -0.25) is 0 Å². The van der Waals surface area contributed by atoms with Crippen LogP contribution in [0.4, 0.5) is 0 Å². The minimum absolute atomic E-state index is 0.102. The van der Waals surface area contributed by atoms with Crippen molar-refractivity contribution in [1.82, 2.24) is 4.57 Å². The molecule has 76 valence electrons. The van der Waals surface area contributed by atoms with E-state index in [0.717, 1.165) is 5.92 Å². The second kappa shape index (κ2) is 2.63. The normalized spacial score (nSPS) is 40.7. The van der Waals surface area contributed by atoms with Crippen molar-refractivity contribution in [3.8, 4) is 0 Å². The zero-order valence-corrected chi connectivity index (χ0v) is 8.86. The third kappa shape index (κ3) is 1.01. The second-order valence-corrected chi connectivity index (χ2v) is 4.88. The average molecular weight is 191 g/mol. The van der Waals surface area contributed by atoms with E-state index in [9.17, 15) is 0 Å². The smallest absolute Gasteiger partial charge is 0.134 e. The van der Waals surface area contributed by atoms with Crippen molar-refractivity contribution in [2.75, 3.05) is 0 Å². The fraction of sp³-hybridized carbons (Fsp3) is 0.667. The predicted molar refractivity (Wildman–Crippen MR) is 55.0 cm³/mol. The van der Waals surface area contributed by atoms with Crippen molar-refractivity contribution in [3.63, 3.8) is 0 Å². The lowest BCUT2D eigenvalue weighted by molar-refractivity contribution is 0.275. The van der Waals surface area contributed by atoms with E-state index in [1.165, 1.54) is 25.0 Å². The highest BCUT2D eigenvalue weighted by Crippen LogP contribution is 2.56. The van der Waals surface area contributed by atoms with E-state index in [-0.39, 0.29) is 5.60 Å². The van der Waals surface area contributed by atoms with Crippen molar-refractivity contribution >= 4 is 0 Å². The summed E-state index contributed by atoms with van der Waals surface area (Å²) in [5, 5.41) is 0. The molecule has 2 nitrogen and oxygen atoms in total. The number of aromatic nitrogens is 1. The molecule has 3 rings (SSSR count). The minimum atomic E-state index is 0.102. The fourth-order valence-electron chi connectivity index (χ4n) is 2.88. The van der Waals surface area contributed by atoms with Crippen molar-refractivity contribution < 1.29 is 4.74 Å². The number of ether oxygens (including phenoxy) is 1. The Kier molecular flexibility index (Phi) is 1.61. The van der Waals surface area contributed by atoms with Gasteiger partial charge in [0.15, 0.2) is 0 Å². The van der Waals surface area contributed by atoms with Gasteiger partial charge >= 0.3 is 0 Å². The van der Waals surface area contributed by atoms with Crippen LogP contribution in [-0.4, -0.2) is 10.7 Å². The van der Waals surface area contributed by atoms with E-state index in [0.29, 0.717) is 6.10 Å². The molecule has 2 heterocycles. The van der Waals surface area contributed by atoms with Crippen LogP contribution in [0.1, 0.15) is 31.9 Å². The molecule has 1 aliphatic carbocycles. The van der Waals surface area contributed by atoms with Gasteiger partial charge in [-0.15, -0.1) is 0 Å². The largest absolute Gasteiger partial charge is 0.359 e. The van der Waals surface area contributed by atoms with Gasteiger partial charge in [0.1, 0.15) is 5.60 Å². The van der Waals surface area contributed by atoms with Gasteiger partial charge in [-0.25, -0.2) is 0 Å². The van der Waals surface area contributed by atoms with E-state index >= 15 is 0 Å². The van der Waals surface area contributed by atoms with Gasteiger partial charge < -0.3 is 9.30 Å². The molecule has 1 aromatic heterocycles. The van der Waals surface area contributed by atoms with Crippen LogP contribution in [0.2, 0.25) is 0 Å². The van der Waals surface area contributed by atoms with Gasteiger partial charge in [-0.1, -0.05) is 6.92 Å². The third-order valence-corrected chi connectivity index (χ3v) is 3.82. The maximum absolute atomic E-state index is 5.94. The molecule has 0 N–H and O–H groups in total. The van der Waals surface area contributed by atoms with Gasteiger partial charge in [-0.2, -0.15) is 0 Å². The SMILES string of the molecule is CC1CCC2(c3cccn3C)OC2C1. The van der Waals surface area contributed by atoms with E-state index < -0.39 is 0 Å². The molecule has 0 bridgehead atoms. The summed E-state index contributed by atoms with van der Waals surface area (Å²) in [4.78, 5) is 0. The molecule has 2 heteroatoms. The molecule has 1 saturated heterocycles. The van der Waals surface area contributed by atoms with Crippen LogP contribution in [0.3, 0.4) is 0 Å². The highest BCUT2D eigenvalue weighted by Gasteiger charge is 2.60. The number of hydrogen-bond acceptors (Lipinski definition) is 1. The second-order valence-electron chi connectivity index (χ2n) is 4.88. The lowest BCUT2D eigenvalue weighted by atomic mass is 9.81. The van der Waals surface area contributed by atoms with Crippen molar-refractivity contribution in [3.05, 3.63) is 24.0 Å². The first-order valence-electron chi connectivity index (χ1n) is 5.52. The number of fused-ring (bicyclic) bond motifs is 1. The molecule has 2 fully saturated rings. The monoisotopic (exact) mass is 191 g/mol. The van der Waals surface area contributed by atoms with E-state index in [4.69, 9.17) is 4.74 Å². The zero-order valence-electron chi connectivity index (χ0n) is 8.86. The first-order chi connectivity index (χ1) is 6.72. The number of nitrogens with zero attached hydrogens (tertiary/aromatic N) is 1. The molecule has 14 heavy (non-hydrogen) atoms. The molecule has 0 radical (unpaired) electrons. The van der Waals surface area contributed by atoms with Crippen LogP contribution in [0.15, 0.2) is 18.3 Å². The highest BCUT2D eigenvalue weighted by molar-refractivity contribution is 5.25. The maximum atomic E-state index is 5.94. The van der Waals surface area contributed by atoms with Crippen LogP contribution in [0.25, 0.3) is 0 Å². The molecule has 3 atom stereocenters. The van der Waals surface area contributed by atoms with Gasteiger partial charge in [0.2, 0.25) is 0 Å². The van der Waals surface area contributed by atoms with E-state index in [1.807, 2.05) is 0 Å². The molecule has 0 aromatic carbocycles. The lowest BCUT2D eigenvalue weighted by Crippen LogP contribution is -2.23. The zero-order chi connectivity index (χ0) is 9.76. The summed E-state index contributed by atoms with van der Waals surface area (Å²) in [7, 11) is 2.11. The van der Waals surface area contributed by atoms with Crippen LogP contribution in [0, 0.1) is 5.92 Å². The maximum Gasteiger partial charge on any atom is 0.134 e. The van der Waals surface area contributed by atoms with Crippen molar-refractivity contribution in [2.45, 2.75) is 37.9 Å². The number of rotatable bonds is 1. The summed E-state index contributed by atoms with van der Waals surface area (Å²) in [6.45, 7) is 2.33. The molecule has 1 aromatic rings. The summed E-state index contributed by atoms with van der Waals surface area (Å²) in [5.74, 6) is 0.843. The minimum Gasteiger partial charge on any atom is -0.359 e. The summed E-state index contributed by atoms with van der Waals surface area (Å²) >= 11 is 0. The summed E-state index contributed by atoms with van der Waals surface area (Å²) in [6.07, 6.45) is 6.37. The highest BCUT2D eigenvalue weighted by atomic mass is 16.6. The Morgan fingerprint density at radius 3 is 3.07 bits per heavy atom. The summed E-state index contributed by atoms with van der Waals surface area (Å²) in [5.41, 5.74) is 1.47. The molecule has 1 aliphatic heterocycles. The van der Waals surface area contributed by atoms with Crippen LogP contribution < -0.4 is 0 Å². The Morgan fingerprint density at radius 2 is 2.43 bits per heavy atom. The fourth-order valence-corrected chi connectivity index (χ4v) is 2.88. The number of epoxide rings is 1. The van der Waals surface area contributed by atoms with Crippen molar-refractivity contribution in [1.29, 1.82) is 0 Å². The molecule has 1 saturated carbocycles. The van der Waals surface area contributed by atoms with Gasteiger partial charge in [0.05, 0.1) is 11.8 Å². The topological polar surface area (TPSA) is 17.5 Å². The molecular weight excluding hydrogens is 174 g/mol. The Morgan fingerprint density at radius 1 is 1.57 bits per heavy atom. The molecule has 3 unspecified atom stereocenters. The number of aryl methyl sites for hydroxylation is 1. The Balaban J connectivity index is 1.91. The first-order valence-corrected chi connectivity index (χ1v) is 5.52. The molecular formula is C12H17NO. The molecule has 0 amide bonds. The van der Waals surface area contributed by atoms with E-state index in [2.05, 4.69) is 36.9 Å². The average Bonchev–Trinajstić information content (AvgIpc) is 2.71. The Labute approximate surface area is 84.9 Å². The van der Waals surface area contributed by atoms with Gasteiger partial charge in [-0.05, 0) is 37.3 Å². The first kappa shape index (κ1) is 8.54. The molecule has 0 spiro atoms. The quantitative estimate of drug-likeness (QED) is 0.623. The summed E-state index contributed by atoms with van der Waals surface area (Å²) in [6, 6.07) is 4.32. The van der Waals surface area contributed by atoms with E-state index in [1.54, 1.807) is 0 Å². The summed E-state index contributed by atoms with van der Waals surface area (Å²) < 4.78 is 8.14. The Hall–Kier alpha value is -0.760. The number of hydrogen-bond donors (Lipinski definition) is 0. The van der Waals surface area contributed by atoms with Crippen molar-refractivity contribution in [2.24, 2.45) is 13.0 Å². The Bertz CT molecular complexity index is 357. The third-order valence-electron chi connectivity index (χ3n) is 3.82. The van der Waals surface area contributed by atoms with Crippen LogP contribution in [0.5, 0.6) is 0 Å². The van der Waals surface area contributed by atoms with Gasteiger partial charge in [0.25, 0.3) is 0 Å². The molecule has 2 aliphatic rings. The standard InChI is InChI=1S/C12H17NO/c1-9-5-6-12(11(8-9)14-12)10-4-3-7-13(10)2/h3-4,7,9,11H,5-6,8H2,1-2H3. The van der Waals surface area contributed by atoms with Crippen LogP contribution in [-0.2, 0) is 17.4 Å². The van der Waals surface area contributed by atoms with Gasteiger partial charge in [0, 0.05) is 13.2 Å². The predicted octanol–water partition coefficient (Wildman–Crippen LogP) is 2.44. The lowest BCUT2D eigenvalue weighted by Gasteiger charge is -2.22. The van der Waals surface area contributed by atoms with Crippen LogP contribution >= 0.6 is 0 Å².